The molecule has 61 heavy (non-hydrogen) atoms. The van der Waals surface area contributed by atoms with Crippen LogP contribution in [-0.2, 0) is 21.7 Å². The Balaban J connectivity index is 1.41. The fraction of sp³-hybridized carbons (Fsp3) is 0.327. The molecule has 12 heteroatoms. The van der Waals surface area contributed by atoms with Gasteiger partial charge in [-0.3, -0.25) is 0 Å². The van der Waals surface area contributed by atoms with Gasteiger partial charge in [0.2, 0.25) is 0 Å². The number of aromatic nitrogens is 2. The Bertz CT molecular complexity index is 2350. The number of methoxy groups -OCH3 is 2. The molecule has 0 fully saturated rings. The van der Waals surface area contributed by atoms with E-state index in [1.165, 1.54) is 65.1 Å². The number of rotatable bonds is 20. The van der Waals surface area contributed by atoms with Crippen molar-refractivity contribution in [2.24, 2.45) is 0 Å². The van der Waals surface area contributed by atoms with Crippen LogP contribution in [0, 0.1) is 0 Å². The minimum atomic E-state index is -4.69. The number of benzene rings is 5. The minimum absolute atomic E-state index is 0.0808. The Morgan fingerprint density at radius 2 is 1.11 bits per heavy atom. The molecule has 0 amide bonds. The van der Waals surface area contributed by atoms with Gasteiger partial charge in [-0.15, -0.1) is 0 Å². The second-order valence-electron chi connectivity index (χ2n) is 15.7. The summed E-state index contributed by atoms with van der Waals surface area (Å²) in [5.41, 5.74) is 0.614. The van der Waals surface area contributed by atoms with Crippen molar-refractivity contribution in [3.8, 4) is 28.4 Å². The molecule has 0 unspecified atom stereocenters. The third-order valence-electron chi connectivity index (χ3n) is 11.8. The van der Waals surface area contributed by atoms with E-state index in [2.05, 4.69) is 42.7 Å². The van der Waals surface area contributed by atoms with Crippen LogP contribution in [0.15, 0.2) is 138 Å². The fourth-order valence-corrected chi connectivity index (χ4v) is 25.6. The molecule has 1 heterocycles. The van der Waals surface area contributed by atoms with Gasteiger partial charge >= 0.3 is 229 Å². The summed E-state index contributed by atoms with van der Waals surface area (Å²) in [5.74, 6) is 1.20. The summed E-state index contributed by atoms with van der Waals surface area (Å²) in [4.78, 5) is -0.0808. The Kier molecular flexibility index (Phi) is 15.1. The molecule has 322 valence electrons. The molecule has 6 rings (SSSR count). The quantitative estimate of drug-likeness (QED) is 0.0609. The van der Waals surface area contributed by atoms with Gasteiger partial charge in [0.1, 0.15) is 17.0 Å². The number of alkyl halides is 3. The van der Waals surface area contributed by atoms with Gasteiger partial charge in [-0.2, -0.15) is 0 Å². The number of ether oxygens (including phenoxy) is 2. The molecule has 0 atom stereocenters. The summed E-state index contributed by atoms with van der Waals surface area (Å²) in [7, 11) is -1.21. The zero-order valence-electron chi connectivity index (χ0n) is 35.6. The molecule has 5 aromatic carbocycles. The summed E-state index contributed by atoms with van der Waals surface area (Å²) >= 11 is -2.80. The van der Waals surface area contributed by atoms with Crippen molar-refractivity contribution in [3.63, 3.8) is 0 Å². The number of hydrogen-bond donors (Lipinski definition) is 1. The van der Waals surface area contributed by atoms with Crippen LogP contribution in [-0.4, -0.2) is 50.8 Å². The average molecular weight is 959 g/mol. The maximum atomic E-state index is 14.7. The molecule has 0 saturated heterocycles. The third kappa shape index (κ3) is 10.2. The van der Waals surface area contributed by atoms with E-state index in [9.17, 15) is 21.6 Å². The van der Waals surface area contributed by atoms with Gasteiger partial charge < -0.3 is 9.47 Å². The first-order valence-electron chi connectivity index (χ1n) is 21.1. The van der Waals surface area contributed by atoms with Gasteiger partial charge in [0.05, 0.1) is 14.2 Å². The maximum absolute atomic E-state index is 14.7. The van der Waals surface area contributed by atoms with Crippen molar-refractivity contribution in [1.29, 1.82) is 0 Å². The van der Waals surface area contributed by atoms with Gasteiger partial charge in [-0.25, -0.2) is 0 Å². The van der Waals surface area contributed by atoms with Crippen LogP contribution >= 0.6 is 0 Å². The second kappa shape index (κ2) is 20.1. The molecule has 0 aliphatic heterocycles. The van der Waals surface area contributed by atoms with E-state index in [0.29, 0.717) is 33.8 Å². The summed E-state index contributed by atoms with van der Waals surface area (Å²) < 4.78 is 92.7. The molecule has 7 nitrogen and oxygen atoms in total. The van der Waals surface area contributed by atoms with Crippen molar-refractivity contribution in [3.05, 3.63) is 156 Å². The summed E-state index contributed by atoms with van der Waals surface area (Å²) in [6.07, 6.45) is 2.33. The van der Waals surface area contributed by atoms with Crippen LogP contribution in [0.2, 0.25) is 13.3 Å². The van der Waals surface area contributed by atoms with Gasteiger partial charge in [0.15, 0.2) is 0 Å². The van der Waals surface area contributed by atoms with Crippen LogP contribution in [0.4, 0.5) is 13.2 Å². The van der Waals surface area contributed by atoms with Crippen LogP contribution in [0.25, 0.3) is 16.9 Å². The SMILES string of the molecule is CCC[CH2][Sn]([CH2]CCC)([CH2]CCC)[c]1ccc(-c2cc(C(F)(F)F)nn2-c2ccc(S(=O)(=O)NC(c3ccccc3)(c3ccc(OC)cc3)c3ccc(OC)cc3)cc2)cc1. The van der Waals surface area contributed by atoms with Crippen molar-refractivity contribution in [2.45, 2.75) is 89.2 Å². The van der Waals surface area contributed by atoms with Crippen molar-refractivity contribution >= 4 is 32.0 Å². The number of hydrogen-bond acceptors (Lipinski definition) is 5. The predicted molar refractivity (Wildman–Crippen MR) is 241 cm³/mol. The van der Waals surface area contributed by atoms with Crippen LogP contribution < -0.4 is 17.8 Å². The zero-order chi connectivity index (χ0) is 43.7. The average Bonchev–Trinajstić information content (AvgIpc) is 3.76. The van der Waals surface area contributed by atoms with E-state index < -0.39 is 45.8 Å². The molecule has 0 aliphatic rings. The Morgan fingerprint density at radius 1 is 0.639 bits per heavy atom. The molecule has 0 saturated carbocycles. The monoisotopic (exact) mass is 959 g/mol. The first-order chi connectivity index (χ1) is 29.3. The summed E-state index contributed by atoms with van der Waals surface area (Å²) in [6.45, 7) is 6.71. The molecule has 0 radical (unpaired) electrons. The number of unbranched alkanes of at least 4 members (excludes halogenated alkanes) is 3. The van der Waals surface area contributed by atoms with Crippen molar-refractivity contribution in [1.82, 2.24) is 14.5 Å². The van der Waals surface area contributed by atoms with E-state index in [0.717, 1.165) is 25.3 Å². The summed E-state index contributed by atoms with van der Waals surface area (Å²) in [5, 5.41) is 4.04. The van der Waals surface area contributed by atoms with Gasteiger partial charge in [-0.05, 0) is 41.0 Å². The van der Waals surface area contributed by atoms with E-state index in [-0.39, 0.29) is 16.3 Å². The van der Waals surface area contributed by atoms with Crippen LogP contribution in [0.3, 0.4) is 0 Å². The van der Waals surface area contributed by atoms with E-state index in [1.54, 1.807) is 38.5 Å². The standard InChI is InChI=1S/C37H29F3N3O4S.3C4H9.Sn/c1-46-31-19-13-28(14-20-31)36(27-11-7-4-8-12-27,29-15-21-32(47-2)22-16-29)42-48(44,45)33-23-17-30(18-24-33)43-34(26-9-5-3-6-10-26)25-35(41-43)37(38,39)40;3*1-3-4-2;/h4-25,42H,1-2H3;3*1,3-4H2,2H3;. The number of nitrogens with zero attached hydrogens (tertiary/aromatic N) is 2. The molecule has 0 spiro atoms. The first-order valence-corrected chi connectivity index (χ1v) is 30.1. The van der Waals surface area contributed by atoms with E-state index >= 15 is 0 Å². The molecular formula is C49H56F3N3O4SSn. The molecule has 0 bridgehead atoms. The van der Waals surface area contributed by atoms with Crippen LogP contribution in [0.1, 0.15) is 81.7 Å². The molecule has 6 aromatic rings. The Labute approximate surface area is 363 Å². The van der Waals surface area contributed by atoms with Crippen molar-refractivity contribution < 1.29 is 31.1 Å². The number of sulfonamides is 1. The Morgan fingerprint density at radius 3 is 1.56 bits per heavy atom. The number of halogens is 3. The second-order valence-corrected chi connectivity index (χ2v) is 30.6. The van der Waals surface area contributed by atoms with Gasteiger partial charge in [0, 0.05) is 0 Å². The topological polar surface area (TPSA) is 82.5 Å². The number of nitrogens with one attached hydrogen (secondary N) is 1. The van der Waals surface area contributed by atoms with Crippen LogP contribution in [0.5, 0.6) is 11.5 Å². The Hall–Kier alpha value is -4.59. The first kappa shape index (κ1) is 45.9. The fourth-order valence-electron chi connectivity index (χ4n) is 8.34. The normalized spacial score (nSPS) is 12.4. The molecule has 0 aliphatic carbocycles. The molecule has 1 N–H and O–H groups in total. The van der Waals surface area contributed by atoms with Crippen molar-refractivity contribution in [2.75, 3.05) is 14.2 Å². The van der Waals surface area contributed by atoms with E-state index in [1.807, 2.05) is 66.7 Å². The van der Waals surface area contributed by atoms with Gasteiger partial charge in [0.25, 0.3) is 0 Å². The molecular weight excluding hydrogens is 902 g/mol. The van der Waals surface area contributed by atoms with Gasteiger partial charge in [-0.1, -0.05) is 54.6 Å². The van der Waals surface area contributed by atoms with E-state index in [4.69, 9.17) is 9.47 Å². The zero-order valence-corrected chi connectivity index (χ0v) is 39.3. The third-order valence-corrected chi connectivity index (χ3v) is 28.9. The predicted octanol–water partition coefficient (Wildman–Crippen LogP) is 11.9. The summed E-state index contributed by atoms with van der Waals surface area (Å²) in [6, 6.07) is 38.7. The molecule has 1 aromatic heterocycles.